The molecular formula is C24H27F4N3O3. The van der Waals surface area contributed by atoms with Gasteiger partial charge in [0.05, 0.1) is 24.7 Å². The van der Waals surface area contributed by atoms with Gasteiger partial charge in [-0.1, -0.05) is 12.5 Å². The van der Waals surface area contributed by atoms with E-state index in [-0.39, 0.29) is 42.4 Å². The highest BCUT2D eigenvalue weighted by molar-refractivity contribution is 5.90. The number of piperidine rings is 1. The molecule has 4 rings (SSSR count). The number of nitrogens with zero attached hydrogens (tertiary/aromatic N) is 3. The van der Waals surface area contributed by atoms with Gasteiger partial charge in [0.2, 0.25) is 0 Å². The molecule has 1 aliphatic heterocycles. The van der Waals surface area contributed by atoms with Crippen LogP contribution in [-0.4, -0.2) is 60.4 Å². The van der Waals surface area contributed by atoms with Crippen molar-refractivity contribution in [3.05, 3.63) is 42.0 Å². The van der Waals surface area contributed by atoms with Gasteiger partial charge in [-0.05, 0) is 56.8 Å². The highest BCUT2D eigenvalue weighted by Gasteiger charge is 2.58. The van der Waals surface area contributed by atoms with Gasteiger partial charge in [-0.25, -0.2) is 19.2 Å². The molecule has 0 radical (unpaired) electrons. The first-order valence-corrected chi connectivity index (χ1v) is 11.3. The Morgan fingerprint density at radius 1 is 1.18 bits per heavy atom. The molecule has 6 nitrogen and oxygen atoms in total. The molecule has 34 heavy (non-hydrogen) atoms. The Hall–Kier alpha value is -2.75. The van der Waals surface area contributed by atoms with Gasteiger partial charge in [-0.2, -0.15) is 13.2 Å². The molecule has 0 atom stereocenters. The summed E-state index contributed by atoms with van der Waals surface area (Å²) < 4.78 is 64.9. The zero-order valence-corrected chi connectivity index (χ0v) is 18.9. The van der Waals surface area contributed by atoms with Crippen molar-refractivity contribution in [3.8, 4) is 17.1 Å². The molecule has 0 N–H and O–H groups in total. The van der Waals surface area contributed by atoms with Crippen molar-refractivity contribution in [3.63, 3.8) is 0 Å². The van der Waals surface area contributed by atoms with E-state index in [1.165, 1.54) is 31.6 Å². The molecule has 2 aromatic rings. The van der Waals surface area contributed by atoms with Crippen LogP contribution < -0.4 is 4.74 Å². The Kier molecular flexibility index (Phi) is 7.06. The Balaban J connectivity index is 1.26. The van der Waals surface area contributed by atoms with E-state index in [2.05, 4.69) is 14.7 Å². The molecule has 1 aromatic carbocycles. The average Bonchev–Trinajstić information content (AvgIpc) is 2.80. The molecule has 0 amide bonds. The van der Waals surface area contributed by atoms with Crippen LogP contribution in [-0.2, 0) is 4.74 Å². The number of methoxy groups -OCH3 is 1. The number of hydrogen-bond acceptors (Lipinski definition) is 6. The smallest absolute Gasteiger partial charge is 0.395 e. The number of benzene rings is 1. The van der Waals surface area contributed by atoms with Crippen molar-refractivity contribution in [2.75, 3.05) is 33.4 Å². The van der Waals surface area contributed by atoms with Gasteiger partial charge in [0.25, 0.3) is 0 Å². The lowest BCUT2D eigenvalue weighted by molar-refractivity contribution is -0.256. The number of hydrogen-bond donors (Lipinski definition) is 0. The summed E-state index contributed by atoms with van der Waals surface area (Å²) in [7, 11) is 1.22. The Morgan fingerprint density at radius 2 is 1.85 bits per heavy atom. The molecule has 2 heterocycles. The third-order valence-electron chi connectivity index (χ3n) is 6.92. The van der Waals surface area contributed by atoms with E-state index in [0.717, 1.165) is 18.9 Å². The first kappa shape index (κ1) is 24.4. The van der Waals surface area contributed by atoms with E-state index in [4.69, 9.17) is 4.74 Å². The Bertz CT molecular complexity index is 1000. The molecular weight excluding hydrogens is 454 g/mol. The van der Waals surface area contributed by atoms with Crippen LogP contribution in [0, 0.1) is 17.2 Å². The number of esters is 1. The number of likely N-dealkylation sites (tertiary alicyclic amines) is 1. The summed E-state index contributed by atoms with van der Waals surface area (Å²) in [5.74, 6) is -1.01. The SMILES string of the molecule is COC(=O)c1ccc(-c2cnc(OCC3CCN(CC4(C(F)(F)F)CCC4)CC3)nc2)c(F)c1. The van der Waals surface area contributed by atoms with Crippen molar-refractivity contribution >= 4 is 5.97 Å². The fourth-order valence-electron chi connectivity index (χ4n) is 4.59. The number of halogens is 4. The zero-order chi connectivity index (χ0) is 24.3. The van der Waals surface area contributed by atoms with Gasteiger partial charge in [0.1, 0.15) is 5.82 Å². The maximum absolute atomic E-state index is 14.4. The standard InChI is InChI=1S/C24H27F4N3O3/c1-33-21(32)17-3-4-19(20(25)11-17)18-12-29-22(30-13-18)34-14-16-5-9-31(10-6-16)15-23(7-2-8-23)24(26,27)28/h3-4,11-13,16H,2,5-10,14-15H2,1H3. The number of ether oxygens (including phenoxy) is 2. The van der Waals surface area contributed by atoms with Crippen molar-refractivity contribution in [2.45, 2.75) is 38.3 Å². The average molecular weight is 481 g/mol. The number of carbonyl (C=O) groups excluding carboxylic acids is 1. The Labute approximate surface area is 195 Å². The van der Waals surface area contributed by atoms with Gasteiger partial charge in [-0.15, -0.1) is 0 Å². The molecule has 0 bridgehead atoms. The summed E-state index contributed by atoms with van der Waals surface area (Å²) in [6, 6.07) is 4.17. The Morgan fingerprint density at radius 3 is 2.38 bits per heavy atom. The summed E-state index contributed by atoms with van der Waals surface area (Å²) in [5.41, 5.74) is -0.735. The summed E-state index contributed by atoms with van der Waals surface area (Å²) in [4.78, 5) is 21.7. The zero-order valence-electron chi connectivity index (χ0n) is 18.9. The molecule has 1 saturated heterocycles. The van der Waals surface area contributed by atoms with E-state index >= 15 is 0 Å². The third kappa shape index (κ3) is 5.16. The van der Waals surface area contributed by atoms with E-state index < -0.39 is 23.4 Å². The predicted molar refractivity (Wildman–Crippen MR) is 116 cm³/mol. The van der Waals surface area contributed by atoms with Crippen LogP contribution in [0.2, 0.25) is 0 Å². The number of alkyl halides is 3. The van der Waals surface area contributed by atoms with Crippen LogP contribution in [0.15, 0.2) is 30.6 Å². The molecule has 2 aliphatic rings. The third-order valence-corrected chi connectivity index (χ3v) is 6.92. The van der Waals surface area contributed by atoms with Crippen LogP contribution in [0.3, 0.4) is 0 Å². The summed E-state index contributed by atoms with van der Waals surface area (Å²) in [6.45, 7) is 1.70. The highest BCUT2D eigenvalue weighted by atomic mass is 19.4. The molecule has 1 aliphatic carbocycles. The molecule has 1 aromatic heterocycles. The van der Waals surface area contributed by atoms with E-state index in [1.54, 1.807) is 0 Å². The monoisotopic (exact) mass is 481 g/mol. The van der Waals surface area contributed by atoms with Crippen LogP contribution in [0.4, 0.5) is 17.6 Å². The fraction of sp³-hybridized carbons (Fsp3) is 0.542. The van der Waals surface area contributed by atoms with Gasteiger partial charge >= 0.3 is 18.2 Å². The summed E-state index contributed by atoms with van der Waals surface area (Å²) in [5, 5.41) is 0. The van der Waals surface area contributed by atoms with Crippen LogP contribution in [0.5, 0.6) is 6.01 Å². The van der Waals surface area contributed by atoms with Gasteiger partial charge < -0.3 is 14.4 Å². The predicted octanol–water partition coefficient (Wildman–Crippen LogP) is 4.89. The van der Waals surface area contributed by atoms with Crippen molar-refractivity contribution in [2.24, 2.45) is 11.3 Å². The first-order valence-electron chi connectivity index (χ1n) is 11.3. The fourth-order valence-corrected chi connectivity index (χ4v) is 4.59. The van der Waals surface area contributed by atoms with Crippen molar-refractivity contribution in [1.82, 2.24) is 14.9 Å². The maximum atomic E-state index is 14.4. The van der Waals surface area contributed by atoms with Gasteiger partial charge in [-0.3, -0.25) is 0 Å². The van der Waals surface area contributed by atoms with E-state index in [0.29, 0.717) is 31.7 Å². The van der Waals surface area contributed by atoms with Crippen LogP contribution >= 0.6 is 0 Å². The minimum atomic E-state index is -4.14. The second-order valence-electron chi connectivity index (χ2n) is 9.10. The van der Waals surface area contributed by atoms with Crippen molar-refractivity contribution < 1.29 is 31.8 Å². The maximum Gasteiger partial charge on any atom is 0.395 e. The normalized spacial score (nSPS) is 18.9. The minimum Gasteiger partial charge on any atom is -0.465 e. The summed E-state index contributed by atoms with van der Waals surface area (Å²) >= 11 is 0. The number of rotatable bonds is 7. The number of carbonyl (C=O) groups is 1. The van der Waals surface area contributed by atoms with Crippen molar-refractivity contribution in [1.29, 1.82) is 0 Å². The first-order chi connectivity index (χ1) is 16.2. The highest BCUT2D eigenvalue weighted by Crippen LogP contribution is 2.53. The molecule has 0 spiro atoms. The minimum absolute atomic E-state index is 0.0891. The second kappa shape index (κ2) is 9.85. The quantitative estimate of drug-likeness (QED) is 0.414. The van der Waals surface area contributed by atoms with Crippen LogP contribution in [0.25, 0.3) is 11.1 Å². The lowest BCUT2D eigenvalue weighted by Crippen LogP contribution is -2.53. The second-order valence-corrected chi connectivity index (χ2v) is 9.10. The lowest BCUT2D eigenvalue weighted by atomic mass is 9.67. The van der Waals surface area contributed by atoms with Gasteiger partial charge in [0, 0.05) is 30.1 Å². The topological polar surface area (TPSA) is 64.6 Å². The molecule has 184 valence electrons. The van der Waals surface area contributed by atoms with E-state index in [9.17, 15) is 22.4 Å². The molecule has 0 unspecified atom stereocenters. The largest absolute Gasteiger partial charge is 0.465 e. The number of aromatic nitrogens is 2. The lowest BCUT2D eigenvalue weighted by Gasteiger charge is -2.47. The molecule has 10 heteroatoms. The van der Waals surface area contributed by atoms with Gasteiger partial charge in [0.15, 0.2) is 0 Å². The van der Waals surface area contributed by atoms with Crippen LogP contribution in [0.1, 0.15) is 42.5 Å². The van der Waals surface area contributed by atoms with E-state index in [1.807, 2.05) is 4.90 Å². The summed E-state index contributed by atoms with van der Waals surface area (Å²) in [6.07, 6.45) is 1.35. The molecule has 1 saturated carbocycles. The molecule has 2 fully saturated rings.